The van der Waals surface area contributed by atoms with E-state index < -0.39 is 20.9 Å². The number of nitro groups is 1. The first-order valence-corrected chi connectivity index (χ1v) is 11.5. The molecule has 1 heterocycles. The molecule has 1 aliphatic rings. The van der Waals surface area contributed by atoms with Crippen LogP contribution in [0.2, 0.25) is 0 Å². The Morgan fingerprint density at radius 1 is 1.26 bits per heavy atom. The van der Waals surface area contributed by atoms with E-state index in [1.54, 1.807) is 6.92 Å². The highest BCUT2D eigenvalue weighted by atomic mass is 32.2. The van der Waals surface area contributed by atoms with Crippen LogP contribution >= 0.6 is 0 Å². The van der Waals surface area contributed by atoms with Gasteiger partial charge in [0.15, 0.2) is 5.75 Å². The molecule has 0 aliphatic carbocycles. The molecule has 0 bridgehead atoms. The number of carbonyl (C=O) groups excluding carboxylic acids is 1. The number of nitrogens with one attached hydrogen (secondary N) is 1. The topological polar surface area (TPSA) is 119 Å². The van der Waals surface area contributed by atoms with Crippen LogP contribution in [0.25, 0.3) is 0 Å². The summed E-state index contributed by atoms with van der Waals surface area (Å²) in [5.41, 5.74) is 0.174. The fourth-order valence-corrected chi connectivity index (χ4v) is 5.10. The molecule has 1 unspecified atom stereocenters. The Labute approximate surface area is 181 Å². The van der Waals surface area contributed by atoms with E-state index >= 15 is 0 Å². The molecule has 3 rings (SSSR count). The molecule has 0 radical (unpaired) electrons. The van der Waals surface area contributed by atoms with Gasteiger partial charge >= 0.3 is 5.69 Å². The van der Waals surface area contributed by atoms with Crippen molar-refractivity contribution in [1.29, 1.82) is 0 Å². The maximum Gasteiger partial charge on any atom is 0.311 e. The predicted octanol–water partition coefficient (Wildman–Crippen LogP) is 3.67. The van der Waals surface area contributed by atoms with Crippen LogP contribution in [0.1, 0.15) is 37.0 Å². The van der Waals surface area contributed by atoms with Crippen molar-refractivity contribution in [2.75, 3.05) is 25.0 Å². The first kappa shape index (κ1) is 22.7. The Balaban J connectivity index is 1.74. The zero-order chi connectivity index (χ0) is 22.6. The first-order valence-electron chi connectivity index (χ1n) is 10.0. The molecule has 0 saturated carbocycles. The summed E-state index contributed by atoms with van der Waals surface area (Å²) >= 11 is 0. The van der Waals surface area contributed by atoms with Crippen LogP contribution in [-0.4, -0.2) is 43.2 Å². The number of hydrogen-bond acceptors (Lipinski definition) is 6. The Morgan fingerprint density at radius 3 is 2.58 bits per heavy atom. The fraction of sp³-hybridized carbons (Fsp3) is 0.381. The van der Waals surface area contributed by atoms with Gasteiger partial charge in [-0.1, -0.05) is 6.92 Å². The largest absolute Gasteiger partial charge is 0.487 e. The van der Waals surface area contributed by atoms with Crippen molar-refractivity contribution in [2.24, 2.45) is 5.92 Å². The highest BCUT2D eigenvalue weighted by Gasteiger charge is 2.28. The molecule has 2 aromatic carbocycles. The molecule has 1 amide bonds. The summed E-state index contributed by atoms with van der Waals surface area (Å²) in [6, 6.07) is 9.87. The van der Waals surface area contributed by atoms with Crippen LogP contribution in [0.3, 0.4) is 0 Å². The Kier molecular flexibility index (Phi) is 6.91. The second-order valence-corrected chi connectivity index (χ2v) is 9.40. The van der Waals surface area contributed by atoms with Crippen molar-refractivity contribution in [3.8, 4) is 5.75 Å². The van der Waals surface area contributed by atoms with Gasteiger partial charge in [-0.2, -0.15) is 4.31 Å². The molecule has 31 heavy (non-hydrogen) atoms. The van der Waals surface area contributed by atoms with E-state index in [1.165, 1.54) is 40.7 Å². The molecule has 1 aliphatic heterocycles. The summed E-state index contributed by atoms with van der Waals surface area (Å²) in [6.45, 7) is 5.00. The van der Waals surface area contributed by atoms with Crippen LogP contribution in [0.5, 0.6) is 5.75 Å². The van der Waals surface area contributed by atoms with Gasteiger partial charge in [0, 0.05) is 30.4 Å². The first-order chi connectivity index (χ1) is 14.7. The van der Waals surface area contributed by atoms with Crippen LogP contribution < -0.4 is 10.1 Å². The third-order valence-corrected chi connectivity index (χ3v) is 6.97. The van der Waals surface area contributed by atoms with Crippen molar-refractivity contribution >= 4 is 27.3 Å². The van der Waals surface area contributed by atoms with Crippen molar-refractivity contribution in [2.45, 2.75) is 31.6 Å². The van der Waals surface area contributed by atoms with Gasteiger partial charge in [0.25, 0.3) is 5.91 Å². The summed E-state index contributed by atoms with van der Waals surface area (Å²) in [5, 5.41) is 13.9. The van der Waals surface area contributed by atoms with E-state index in [1.807, 2.05) is 6.92 Å². The Bertz CT molecular complexity index is 1070. The van der Waals surface area contributed by atoms with Gasteiger partial charge in [0.1, 0.15) is 0 Å². The number of ether oxygens (including phenoxy) is 1. The summed E-state index contributed by atoms with van der Waals surface area (Å²) in [7, 11) is -3.59. The standard InChI is InChI=1S/C21H25N3O6S/c1-3-30-20-11-6-16(13-19(20)24(26)27)21(25)22-17-7-9-18(10-8-17)31(28,29)23-12-4-5-15(2)14-23/h6-11,13,15H,3-5,12,14H2,1-2H3,(H,22,25). The van der Waals surface area contributed by atoms with Gasteiger partial charge in [-0.3, -0.25) is 14.9 Å². The number of rotatable bonds is 7. The average molecular weight is 448 g/mol. The number of nitrogens with zero attached hydrogens (tertiary/aromatic N) is 2. The maximum absolute atomic E-state index is 12.8. The zero-order valence-corrected chi connectivity index (χ0v) is 18.2. The van der Waals surface area contributed by atoms with Crippen LogP contribution in [-0.2, 0) is 10.0 Å². The lowest BCUT2D eigenvalue weighted by atomic mass is 10.0. The van der Waals surface area contributed by atoms with E-state index in [9.17, 15) is 23.3 Å². The van der Waals surface area contributed by atoms with Crippen molar-refractivity contribution in [3.05, 3.63) is 58.1 Å². The number of carbonyl (C=O) groups is 1. The van der Waals surface area contributed by atoms with E-state index in [2.05, 4.69) is 5.32 Å². The summed E-state index contributed by atoms with van der Waals surface area (Å²) in [5.74, 6) is -0.141. The molecule has 2 aromatic rings. The second kappa shape index (κ2) is 9.44. The molecular formula is C21H25N3O6S. The monoisotopic (exact) mass is 447 g/mol. The normalized spacial score (nSPS) is 17.2. The number of piperidine rings is 1. The van der Waals surface area contributed by atoms with Gasteiger partial charge in [0.2, 0.25) is 10.0 Å². The SMILES string of the molecule is CCOc1ccc(C(=O)Nc2ccc(S(=O)(=O)N3CCCC(C)C3)cc2)cc1[N+](=O)[O-]. The average Bonchev–Trinajstić information content (AvgIpc) is 2.74. The molecular weight excluding hydrogens is 422 g/mol. The Morgan fingerprint density at radius 2 is 1.97 bits per heavy atom. The number of hydrogen-bond donors (Lipinski definition) is 1. The third-order valence-electron chi connectivity index (χ3n) is 5.09. The van der Waals surface area contributed by atoms with E-state index in [-0.39, 0.29) is 28.5 Å². The fourth-order valence-electron chi connectivity index (χ4n) is 3.51. The summed E-state index contributed by atoms with van der Waals surface area (Å²) in [6.07, 6.45) is 1.85. The summed E-state index contributed by atoms with van der Waals surface area (Å²) < 4.78 is 32.4. The smallest absolute Gasteiger partial charge is 0.311 e. The van der Waals surface area contributed by atoms with Gasteiger partial charge in [-0.25, -0.2) is 8.42 Å². The lowest BCUT2D eigenvalue weighted by molar-refractivity contribution is -0.385. The Hall–Kier alpha value is -2.98. The minimum absolute atomic E-state index is 0.0886. The quantitative estimate of drug-likeness (QED) is 0.511. The lowest BCUT2D eigenvalue weighted by Gasteiger charge is -2.30. The molecule has 0 aromatic heterocycles. The minimum atomic E-state index is -3.59. The molecule has 1 saturated heterocycles. The van der Waals surface area contributed by atoms with Gasteiger partial charge < -0.3 is 10.1 Å². The van der Waals surface area contributed by atoms with Gasteiger partial charge in [0.05, 0.1) is 16.4 Å². The highest BCUT2D eigenvalue weighted by molar-refractivity contribution is 7.89. The summed E-state index contributed by atoms with van der Waals surface area (Å²) in [4.78, 5) is 23.3. The lowest BCUT2D eigenvalue weighted by Crippen LogP contribution is -2.39. The third kappa shape index (κ3) is 5.20. The van der Waals surface area contributed by atoms with Gasteiger partial charge in [-0.15, -0.1) is 0 Å². The van der Waals surface area contributed by atoms with Crippen LogP contribution in [0.15, 0.2) is 47.4 Å². The van der Waals surface area contributed by atoms with Crippen LogP contribution in [0.4, 0.5) is 11.4 Å². The zero-order valence-electron chi connectivity index (χ0n) is 17.4. The van der Waals surface area contributed by atoms with Crippen molar-refractivity contribution in [3.63, 3.8) is 0 Å². The van der Waals surface area contributed by atoms with E-state index in [0.29, 0.717) is 24.7 Å². The molecule has 1 atom stereocenters. The second-order valence-electron chi connectivity index (χ2n) is 7.46. The molecule has 166 valence electrons. The molecule has 10 heteroatoms. The molecule has 1 fully saturated rings. The number of sulfonamides is 1. The predicted molar refractivity (Wildman–Crippen MR) is 116 cm³/mol. The minimum Gasteiger partial charge on any atom is -0.487 e. The van der Waals surface area contributed by atoms with E-state index in [4.69, 9.17) is 4.74 Å². The van der Waals surface area contributed by atoms with Crippen LogP contribution in [0, 0.1) is 16.0 Å². The molecule has 0 spiro atoms. The highest BCUT2D eigenvalue weighted by Crippen LogP contribution is 2.29. The molecule has 9 nitrogen and oxygen atoms in total. The molecule has 1 N–H and O–H groups in total. The van der Waals surface area contributed by atoms with E-state index in [0.717, 1.165) is 18.9 Å². The number of nitro benzene ring substituents is 1. The number of benzene rings is 2. The maximum atomic E-state index is 12.8. The number of amides is 1. The van der Waals surface area contributed by atoms with Crippen molar-refractivity contribution < 1.29 is 22.9 Å². The van der Waals surface area contributed by atoms with Gasteiger partial charge in [-0.05, 0) is 62.1 Å². The van der Waals surface area contributed by atoms with Crippen molar-refractivity contribution in [1.82, 2.24) is 4.31 Å². The number of anilines is 1.